The van der Waals surface area contributed by atoms with Gasteiger partial charge in [-0.2, -0.15) is 5.10 Å². The quantitative estimate of drug-likeness (QED) is 0.540. The van der Waals surface area contributed by atoms with Gasteiger partial charge in [0.2, 0.25) is 0 Å². The van der Waals surface area contributed by atoms with Crippen LogP contribution in [0.25, 0.3) is 5.82 Å². The molecule has 162 valence electrons. The molecule has 1 saturated carbocycles. The van der Waals surface area contributed by atoms with Crippen molar-refractivity contribution in [1.82, 2.24) is 19.7 Å². The third kappa shape index (κ3) is 4.51. The Bertz CT molecular complexity index is 1030. The summed E-state index contributed by atoms with van der Waals surface area (Å²) < 4.78 is 7.15. The van der Waals surface area contributed by atoms with Gasteiger partial charge in [0.15, 0.2) is 17.1 Å². The average molecular weight is 440 g/mol. The first-order valence-corrected chi connectivity index (χ1v) is 11.3. The van der Waals surface area contributed by atoms with E-state index in [9.17, 15) is 9.59 Å². The van der Waals surface area contributed by atoms with Crippen LogP contribution in [0.5, 0.6) is 0 Å². The molecule has 0 radical (unpaired) electrons. The van der Waals surface area contributed by atoms with Crippen molar-refractivity contribution >= 4 is 28.3 Å². The minimum absolute atomic E-state index is 0.0854. The predicted octanol–water partition coefficient (Wildman–Crippen LogP) is 3.94. The summed E-state index contributed by atoms with van der Waals surface area (Å²) in [6.45, 7) is 3.39. The fraction of sp³-hybridized carbons (Fsp3) is 0.409. The molecule has 1 amide bonds. The van der Waals surface area contributed by atoms with Gasteiger partial charge in [-0.1, -0.05) is 25.3 Å². The first-order valence-electron chi connectivity index (χ1n) is 10.5. The van der Waals surface area contributed by atoms with E-state index >= 15 is 0 Å². The number of esters is 1. The van der Waals surface area contributed by atoms with E-state index < -0.39 is 12.1 Å². The van der Waals surface area contributed by atoms with E-state index in [1.165, 1.54) is 24.0 Å². The monoisotopic (exact) mass is 439 g/mol. The van der Waals surface area contributed by atoms with Gasteiger partial charge in [0, 0.05) is 23.8 Å². The number of ether oxygens (including phenoxy) is 1. The molecule has 3 heterocycles. The smallest absolute Gasteiger partial charge is 0.342 e. The second-order valence-corrected chi connectivity index (χ2v) is 8.48. The highest BCUT2D eigenvalue weighted by atomic mass is 32.1. The summed E-state index contributed by atoms with van der Waals surface area (Å²) in [6, 6.07) is 5.55. The fourth-order valence-corrected chi connectivity index (χ4v) is 4.61. The molecule has 0 spiro atoms. The van der Waals surface area contributed by atoms with Crippen molar-refractivity contribution in [3.05, 3.63) is 53.4 Å². The molecule has 1 unspecified atom stereocenters. The number of aromatic nitrogens is 4. The molecule has 1 aliphatic rings. The van der Waals surface area contributed by atoms with E-state index in [2.05, 4.69) is 15.1 Å². The maximum atomic E-state index is 13.3. The molecule has 0 N–H and O–H groups in total. The van der Waals surface area contributed by atoms with Crippen LogP contribution in [0.2, 0.25) is 0 Å². The van der Waals surface area contributed by atoms with Crippen LogP contribution in [0, 0.1) is 6.92 Å². The van der Waals surface area contributed by atoms with E-state index in [4.69, 9.17) is 4.74 Å². The van der Waals surface area contributed by atoms with E-state index in [0.29, 0.717) is 22.2 Å². The van der Waals surface area contributed by atoms with Gasteiger partial charge in [-0.25, -0.2) is 19.4 Å². The van der Waals surface area contributed by atoms with E-state index in [-0.39, 0.29) is 11.9 Å². The number of hydrogen-bond donors (Lipinski definition) is 0. The van der Waals surface area contributed by atoms with Crippen LogP contribution in [-0.2, 0) is 9.53 Å². The summed E-state index contributed by atoms with van der Waals surface area (Å²) in [7, 11) is 0. The summed E-state index contributed by atoms with van der Waals surface area (Å²) in [5, 5.41) is 6.76. The number of carbonyl (C=O) groups excluding carboxylic acids is 2. The summed E-state index contributed by atoms with van der Waals surface area (Å²) in [4.78, 5) is 36.5. The molecule has 1 atom stereocenters. The lowest BCUT2D eigenvalue weighted by Gasteiger charge is -2.33. The largest absolute Gasteiger partial charge is 0.449 e. The molecule has 0 saturated heterocycles. The highest BCUT2D eigenvalue weighted by Gasteiger charge is 2.33. The number of nitrogens with zero attached hydrogens (tertiary/aromatic N) is 5. The van der Waals surface area contributed by atoms with E-state index in [1.54, 1.807) is 41.9 Å². The fourth-order valence-electron chi connectivity index (χ4n) is 3.89. The minimum Gasteiger partial charge on any atom is -0.449 e. The van der Waals surface area contributed by atoms with Crippen molar-refractivity contribution in [1.29, 1.82) is 0 Å². The average Bonchev–Trinajstić information content (AvgIpc) is 3.45. The molecule has 31 heavy (non-hydrogen) atoms. The van der Waals surface area contributed by atoms with Crippen molar-refractivity contribution < 1.29 is 14.3 Å². The Kier molecular flexibility index (Phi) is 6.41. The molecule has 9 heteroatoms. The van der Waals surface area contributed by atoms with Crippen molar-refractivity contribution in [2.24, 2.45) is 0 Å². The minimum atomic E-state index is -0.934. The predicted molar refractivity (Wildman–Crippen MR) is 117 cm³/mol. The Balaban J connectivity index is 1.50. The van der Waals surface area contributed by atoms with Crippen LogP contribution in [0.4, 0.5) is 5.13 Å². The van der Waals surface area contributed by atoms with Gasteiger partial charge in [-0.3, -0.25) is 9.69 Å². The van der Waals surface area contributed by atoms with Gasteiger partial charge in [0.25, 0.3) is 5.91 Å². The summed E-state index contributed by atoms with van der Waals surface area (Å²) in [6.07, 6.45) is 9.08. The van der Waals surface area contributed by atoms with E-state index in [0.717, 1.165) is 25.7 Å². The van der Waals surface area contributed by atoms with Gasteiger partial charge in [-0.05, 0) is 38.8 Å². The Hall–Kier alpha value is -3.07. The molecule has 3 aromatic heterocycles. The topological polar surface area (TPSA) is 90.2 Å². The number of thiazole rings is 1. The second-order valence-electron chi connectivity index (χ2n) is 7.61. The standard InChI is InChI=1S/C22H25N5O3S/c1-15-18(14-25-27(15)19-10-6-7-11-23-19)21(29)30-16(2)20(28)26(22-24-12-13-31-22)17-8-4-3-5-9-17/h6-7,10-14,16-17H,3-5,8-9H2,1-2H3. The zero-order valence-corrected chi connectivity index (χ0v) is 18.4. The number of carbonyl (C=O) groups is 2. The van der Waals surface area contributed by atoms with Gasteiger partial charge < -0.3 is 4.74 Å². The van der Waals surface area contributed by atoms with Crippen LogP contribution < -0.4 is 4.90 Å². The molecule has 3 aromatic rings. The van der Waals surface area contributed by atoms with Crippen LogP contribution in [0.1, 0.15) is 55.1 Å². The van der Waals surface area contributed by atoms with Crippen LogP contribution in [0.15, 0.2) is 42.2 Å². The zero-order chi connectivity index (χ0) is 21.8. The normalized spacial score (nSPS) is 15.4. The number of anilines is 1. The highest BCUT2D eigenvalue weighted by Crippen LogP contribution is 2.30. The van der Waals surface area contributed by atoms with Crippen molar-refractivity contribution in [2.45, 2.75) is 58.1 Å². The van der Waals surface area contributed by atoms with Crippen LogP contribution in [0.3, 0.4) is 0 Å². The Morgan fingerprint density at radius 3 is 2.68 bits per heavy atom. The third-order valence-electron chi connectivity index (χ3n) is 5.53. The Labute approximate surface area is 184 Å². The van der Waals surface area contributed by atoms with Gasteiger partial charge in [-0.15, -0.1) is 11.3 Å². The second kappa shape index (κ2) is 9.38. The van der Waals surface area contributed by atoms with Gasteiger partial charge in [0.1, 0.15) is 5.56 Å². The molecule has 4 rings (SSSR count). The van der Waals surface area contributed by atoms with Crippen molar-refractivity contribution in [3.8, 4) is 5.82 Å². The molecular formula is C22H25N5O3S. The zero-order valence-electron chi connectivity index (χ0n) is 17.6. The third-order valence-corrected chi connectivity index (χ3v) is 6.30. The Morgan fingerprint density at radius 1 is 1.19 bits per heavy atom. The first-order chi connectivity index (χ1) is 15.1. The highest BCUT2D eigenvalue weighted by molar-refractivity contribution is 7.13. The van der Waals surface area contributed by atoms with Crippen LogP contribution in [-0.4, -0.2) is 43.8 Å². The molecule has 0 bridgehead atoms. The molecular weight excluding hydrogens is 414 g/mol. The number of rotatable bonds is 6. The lowest BCUT2D eigenvalue weighted by molar-refractivity contribution is -0.127. The summed E-state index contributed by atoms with van der Waals surface area (Å²) in [5.74, 6) is -0.219. The summed E-state index contributed by atoms with van der Waals surface area (Å²) in [5.41, 5.74) is 0.913. The van der Waals surface area contributed by atoms with Crippen LogP contribution >= 0.6 is 11.3 Å². The lowest BCUT2D eigenvalue weighted by atomic mass is 9.94. The molecule has 0 aromatic carbocycles. The van der Waals surface area contributed by atoms with Gasteiger partial charge >= 0.3 is 5.97 Å². The Morgan fingerprint density at radius 2 is 2.00 bits per heavy atom. The molecule has 1 fully saturated rings. The van der Waals surface area contributed by atoms with E-state index in [1.807, 2.05) is 17.5 Å². The number of hydrogen-bond acceptors (Lipinski definition) is 7. The number of pyridine rings is 1. The van der Waals surface area contributed by atoms with Crippen molar-refractivity contribution in [3.63, 3.8) is 0 Å². The van der Waals surface area contributed by atoms with Gasteiger partial charge in [0.05, 0.1) is 11.9 Å². The maximum Gasteiger partial charge on any atom is 0.342 e. The molecule has 1 aliphatic carbocycles. The SMILES string of the molecule is Cc1c(C(=O)OC(C)C(=O)N(c2nccs2)C2CCCCC2)cnn1-c1ccccn1. The first kappa shape index (κ1) is 21.2. The number of amides is 1. The molecule has 0 aliphatic heterocycles. The maximum absolute atomic E-state index is 13.3. The lowest BCUT2D eigenvalue weighted by Crippen LogP contribution is -2.47. The summed E-state index contributed by atoms with van der Waals surface area (Å²) >= 11 is 1.42. The van der Waals surface area contributed by atoms with Crippen molar-refractivity contribution in [2.75, 3.05) is 4.90 Å². The molecule has 8 nitrogen and oxygen atoms in total.